The fourth-order valence-electron chi connectivity index (χ4n) is 1.56. The van der Waals surface area contributed by atoms with Gasteiger partial charge >= 0.3 is 0 Å². The second kappa shape index (κ2) is 4.83. The number of aromatic amines is 1. The van der Waals surface area contributed by atoms with Crippen LogP contribution in [0.4, 0.5) is 5.69 Å². The van der Waals surface area contributed by atoms with Gasteiger partial charge in [0.05, 0.1) is 12.3 Å². The van der Waals surface area contributed by atoms with Crippen molar-refractivity contribution in [2.75, 3.05) is 4.72 Å². The number of aromatic nitrogens is 1. The number of hydrogen-bond donors (Lipinski definition) is 3. The van der Waals surface area contributed by atoms with Gasteiger partial charge in [0.2, 0.25) is 0 Å². The molecule has 0 aliphatic rings. The lowest BCUT2D eigenvalue weighted by molar-refractivity contribution is 0.277. The van der Waals surface area contributed by atoms with Crippen molar-refractivity contribution in [3.05, 3.63) is 47.8 Å². The minimum atomic E-state index is -3.62. The van der Waals surface area contributed by atoms with E-state index in [0.717, 1.165) is 5.56 Å². The molecular weight excluding hydrogens is 252 g/mol. The Hall–Kier alpha value is -1.79. The van der Waals surface area contributed by atoms with E-state index in [0.29, 0.717) is 11.4 Å². The van der Waals surface area contributed by atoms with Gasteiger partial charge < -0.3 is 10.1 Å². The molecule has 96 valence electrons. The average molecular weight is 266 g/mol. The van der Waals surface area contributed by atoms with Crippen molar-refractivity contribution in [1.82, 2.24) is 4.98 Å². The minimum Gasteiger partial charge on any atom is -0.390 e. The summed E-state index contributed by atoms with van der Waals surface area (Å²) in [6, 6.07) is 8.54. The quantitative estimate of drug-likeness (QED) is 0.786. The SMILES string of the molecule is Cc1ccccc1NS(=O)(=O)c1c[nH]c(CO)c1. The molecule has 1 heterocycles. The molecule has 1 aromatic heterocycles. The van der Waals surface area contributed by atoms with E-state index in [1.165, 1.54) is 12.3 Å². The van der Waals surface area contributed by atoms with Crippen molar-refractivity contribution >= 4 is 15.7 Å². The molecule has 1 aromatic carbocycles. The highest BCUT2D eigenvalue weighted by atomic mass is 32.2. The molecule has 0 atom stereocenters. The molecule has 6 heteroatoms. The molecule has 0 spiro atoms. The molecule has 0 bridgehead atoms. The number of aryl methyl sites for hydroxylation is 1. The molecule has 0 aliphatic carbocycles. The molecule has 0 saturated carbocycles. The third-order valence-electron chi connectivity index (χ3n) is 2.59. The van der Waals surface area contributed by atoms with E-state index >= 15 is 0 Å². The van der Waals surface area contributed by atoms with E-state index in [1.54, 1.807) is 12.1 Å². The van der Waals surface area contributed by atoms with E-state index in [2.05, 4.69) is 9.71 Å². The van der Waals surface area contributed by atoms with Crippen molar-refractivity contribution in [3.8, 4) is 0 Å². The number of sulfonamides is 1. The van der Waals surface area contributed by atoms with Gasteiger partial charge in [-0.3, -0.25) is 4.72 Å². The monoisotopic (exact) mass is 266 g/mol. The maximum absolute atomic E-state index is 12.1. The lowest BCUT2D eigenvalue weighted by atomic mass is 10.2. The lowest BCUT2D eigenvalue weighted by Gasteiger charge is -2.08. The van der Waals surface area contributed by atoms with Crippen LogP contribution in [0.3, 0.4) is 0 Å². The Morgan fingerprint density at radius 1 is 1.33 bits per heavy atom. The highest BCUT2D eigenvalue weighted by Gasteiger charge is 2.16. The first-order chi connectivity index (χ1) is 8.53. The van der Waals surface area contributed by atoms with Crippen LogP contribution < -0.4 is 4.72 Å². The number of nitrogens with one attached hydrogen (secondary N) is 2. The fourth-order valence-corrected chi connectivity index (χ4v) is 2.70. The summed E-state index contributed by atoms with van der Waals surface area (Å²) in [5.74, 6) is 0. The molecule has 5 nitrogen and oxygen atoms in total. The molecular formula is C12H14N2O3S. The van der Waals surface area contributed by atoms with Gasteiger partial charge in [-0.15, -0.1) is 0 Å². The molecule has 0 fully saturated rings. The van der Waals surface area contributed by atoms with Gasteiger partial charge in [0.25, 0.3) is 10.0 Å². The summed E-state index contributed by atoms with van der Waals surface area (Å²) in [6.07, 6.45) is 1.35. The standard InChI is InChI=1S/C12H14N2O3S/c1-9-4-2-3-5-12(9)14-18(16,17)11-6-10(8-15)13-7-11/h2-7,13-15H,8H2,1H3. The molecule has 2 rings (SSSR count). The van der Waals surface area contributed by atoms with Gasteiger partial charge in [0, 0.05) is 11.9 Å². The zero-order valence-electron chi connectivity index (χ0n) is 9.84. The normalized spacial score (nSPS) is 11.4. The van der Waals surface area contributed by atoms with Crippen LogP contribution >= 0.6 is 0 Å². The van der Waals surface area contributed by atoms with Crippen LogP contribution in [-0.2, 0) is 16.6 Å². The highest BCUT2D eigenvalue weighted by molar-refractivity contribution is 7.92. The lowest BCUT2D eigenvalue weighted by Crippen LogP contribution is -2.12. The Labute approximate surface area is 106 Å². The van der Waals surface area contributed by atoms with Crippen LogP contribution in [0.1, 0.15) is 11.3 Å². The van der Waals surface area contributed by atoms with Crippen LogP contribution in [0.25, 0.3) is 0 Å². The zero-order chi connectivity index (χ0) is 13.2. The van der Waals surface area contributed by atoms with Crippen LogP contribution in [0.15, 0.2) is 41.4 Å². The predicted octanol–water partition coefficient (Wildman–Crippen LogP) is 1.62. The second-order valence-electron chi connectivity index (χ2n) is 3.94. The van der Waals surface area contributed by atoms with Gasteiger partial charge in [0.15, 0.2) is 0 Å². The first kappa shape index (κ1) is 12.7. The van der Waals surface area contributed by atoms with Crippen molar-refractivity contribution in [2.24, 2.45) is 0 Å². The Balaban J connectivity index is 2.30. The summed E-state index contributed by atoms with van der Waals surface area (Å²) in [5, 5.41) is 8.90. The molecule has 0 saturated heterocycles. The first-order valence-electron chi connectivity index (χ1n) is 5.39. The third-order valence-corrected chi connectivity index (χ3v) is 3.93. The number of aliphatic hydroxyl groups excluding tert-OH is 1. The summed E-state index contributed by atoms with van der Waals surface area (Å²) < 4.78 is 26.7. The predicted molar refractivity (Wildman–Crippen MR) is 68.7 cm³/mol. The van der Waals surface area contributed by atoms with E-state index in [1.807, 2.05) is 19.1 Å². The van der Waals surface area contributed by atoms with Crippen molar-refractivity contribution in [1.29, 1.82) is 0 Å². The van der Waals surface area contributed by atoms with E-state index in [4.69, 9.17) is 5.11 Å². The number of hydrogen-bond acceptors (Lipinski definition) is 3. The summed E-state index contributed by atoms with van der Waals surface area (Å²) in [4.78, 5) is 2.80. The van der Waals surface area contributed by atoms with E-state index < -0.39 is 10.0 Å². The molecule has 0 unspecified atom stereocenters. The van der Waals surface area contributed by atoms with Crippen LogP contribution in [-0.4, -0.2) is 18.5 Å². The number of anilines is 1. The maximum Gasteiger partial charge on any atom is 0.263 e. The second-order valence-corrected chi connectivity index (χ2v) is 5.62. The van der Waals surface area contributed by atoms with Gasteiger partial charge in [-0.25, -0.2) is 8.42 Å². The van der Waals surface area contributed by atoms with Crippen LogP contribution in [0.5, 0.6) is 0 Å². The summed E-state index contributed by atoms with van der Waals surface area (Å²) in [6.45, 7) is 1.61. The number of para-hydroxylation sites is 1. The highest BCUT2D eigenvalue weighted by Crippen LogP contribution is 2.19. The average Bonchev–Trinajstić information content (AvgIpc) is 2.81. The number of benzene rings is 1. The largest absolute Gasteiger partial charge is 0.390 e. The molecule has 0 amide bonds. The molecule has 18 heavy (non-hydrogen) atoms. The summed E-state index contributed by atoms with van der Waals surface area (Å²) >= 11 is 0. The van der Waals surface area contributed by atoms with E-state index in [9.17, 15) is 8.42 Å². The summed E-state index contributed by atoms with van der Waals surface area (Å²) in [5.41, 5.74) is 1.85. The maximum atomic E-state index is 12.1. The minimum absolute atomic E-state index is 0.106. The smallest absolute Gasteiger partial charge is 0.263 e. The zero-order valence-corrected chi connectivity index (χ0v) is 10.7. The van der Waals surface area contributed by atoms with Gasteiger partial charge in [-0.05, 0) is 24.6 Å². The van der Waals surface area contributed by atoms with E-state index in [-0.39, 0.29) is 11.5 Å². The molecule has 0 radical (unpaired) electrons. The molecule has 3 N–H and O–H groups in total. The first-order valence-corrected chi connectivity index (χ1v) is 6.88. The molecule has 2 aromatic rings. The van der Waals surface area contributed by atoms with Gasteiger partial charge in [0.1, 0.15) is 4.90 Å². The Bertz CT molecular complexity index is 647. The van der Waals surface area contributed by atoms with Crippen LogP contribution in [0, 0.1) is 6.92 Å². The summed E-state index contributed by atoms with van der Waals surface area (Å²) in [7, 11) is -3.62. The topological polar surface area (TPSA) is 82.2 Å². The Morgan fingerprint density at radius 2 is 2.06 bits per heavy atom. The number of H-pyrrole nitrogens is 1. The van der Waals surface area contributed by atoms with Gasteiger partial charge in [-0.2, -0.15) is 0 Å². The molecule has 0 aliphatic heterocycles. The Morgan fingerprint density at radius 3 is 2.67 bits per heavy atom. The third kappa shape index (κ3) is 2.55. The number of aliphatic hydroxyl groups is 1. The number of rotatable bonds is 4. The van der Waals surface area contributed by atoms with Crippen molar-refractivity contribution < 1.29 is 13.5 Å². The van der Waals surface area contributed by atoms with Gasteiger partial charge in [-0.1, -0.05) is 18.2 Å². The Kier molecular flexibility index (Phi) is 3.40. The van der Waals surface area contributed by atoms with Crippen molar-refractivity contribution in [3.63, 3.8) is 0 Å². The fraction of sp³-hybridized carbons (Fsp3) is 0.167. The van der Waals surface area contributed by atoms with Crippen molar-refractivity contribution in [2.45, 2.75) is 18.4 Å². The van der Waals surface area contributed by atoms with Crippen LogP contribution in [0.2, 0.25) is 0 Å².